The van der Waals surface area contributed by atoms with Gasteiger partial charge in [0.1, 0.15) is 11.5 Å². The number of hydrogen-bond acceptors (Lipinski definition) is 4. The first-order valence-electron chi connectivity index (χ1n) is 8.17. The molecule has 1 fully saturated rings. The zero-order valence-corrected chi connectivity index (χ0v) is 15.0. The summed E-state index contributed by atoms with van der Waals surface area (Å²) in [7, 11) is 1.59. The van der Waals surface area contributed by atoms with Gasteiger partial charge in [0.15, 0.2) is 6.61 Å². The lowest BCUT2D eigenvalue weighted by molar-refractivity contribution is -0.123. The first kappa shape index (κ1) is 18.1. The fourth-order valence-electron chi connectivity index (χ4n) is 2.77. The van der Waals surface area contributed by atoms with Gasteiger partial charge in [-0.15, -0.1) is 0 Å². The van der Waals surface area contributed by atoms with Crippen molar-refractivity contribution in [2.75, 3.05) is 25.2 Å². The number of carbonyl (C=O) groups excluding carboxylic acids is 2. The van der Waals surface area contributed by atoms with Crippen LogP contribution in [-0.4, -0.2) is 38.1 Å². The number of carbonyl (C=O) groups is 2. The summed E-state index contributed by atoms with van der Waals surface area (Å²) in [6, 6.07) is 13.8. The van der Waals surface area contributed by atoms with E-state index >= 15 is 0 Å². The second-order valence-corrected chi connectivity index (χ2v) is 6.35. The zero-order valence-electron chi connectivity index (χ0n) is 14.3. The Kier molecular flexibility index (Phi) is 5.63. The van der Waals surface area contributed by atoms with Gasteiger partial charge < -0.3 is 19.7 Å². The van der Waals surface area contributed by atoms with E-state index in [2.05, 4.69) is 5.32 Å². The number of rotatable bonds is 6. The Bertz CT molecular complexity index is 777. The first-order valence-corrected chi connectivity index (χ1v) is 8.55. The van der Waals surface area contributed by atoms with Crippen molar-refractivity contribution in [2.45, 2.75) is 12.5 Å². The Morgan fingerprint density at radius 1 is 1.15 bits per heavy atom. The molecule has 0 unspecified atom stereocenters. The van der Waals surface area contributed by atoms with Gasteiger partial charge in [-0.1, -0.05) is 11.6 Å². The van der Waals surface area contributed by atoms with E-state index in [4.69, 9.17) is 21.1 Å². The maximum absolute atomic E-state index is 12.2. The Hall–Kier alpha value is -2.73. The highest BCUT2D eigenvalue weighted by Crippen LogP contribution is 2.24. The summed E-state index contributed by atoms with van der Waals surface area (Å²) in [5.41, 5.74) is 0.782. The zero-order chi connectivity index (χ0) is 18.5. The largest absolute Gasteiger partial charge is 0.497 e. The normalized spacial score (nSPS) is 16.5. The topological polar surface area (TPSA) is 67.9 Å². The summed E-state index contributed by atoms with van der Waals surface area (Å²) in [5.74, 6) is 0.991. The van der Waals surface area contributed by atoms with Gasteiger partial charge in [-0.05, 0) is 48.5 Å². The molecule has 0 radical (unpaired) electrons. The fraction of sp³-hybridized carbons (Fsp3) is 0.263. The molecule has 0 saturated carbocycles. The molecule has 1 heterocycles. The molecule has 0 spiro atoms. The highest BCUT2D eigenvalue weighted by molar-refractivity contribution is 6.30. The molecular formula is C19H19ClN2O4. The van der Waals surface area contributed by atoms with E-state index < -0.39 is 0 Å². The molecule has 1 aliphatic rings. The van der Waals surface area contributed by atoms with Crippen molar-refractivity contribution in [2.24, 2.45) is 0 Å². The van der Waals surface area contributed by atoms with E-state index in [0.717, 1.165) is 11.4 Å². The van der Waals surface area contributed by atoms with E-state index in [1.165, 1.54) is 0 Å². The summed E-state index contributed by atoms with van der Waals surface area (Å²) in [6.45, 7) is 0.312. The van der Waals surface area contributed by atoms with Crippen LogP contribution in [0.4, 0.5) is 5.69 Å². The molecule has 0 aliphatic carbocycles. The molecule has 0 aromatic heterocycles. The monoisotopic (exact) mass is 374 g/mol. The highest BCUT2D eigenvalue weighted by Gasteiger charge is 2.31. The van der Waals surface area contributed by atoms with Gasteiger partial charge in [0.05, 0.1) is 13.2 Å². The van der Waals surface area contributed by atoms with Gasteiger partial charge in [-0.2, -0.15) is 0 Å². The van der Waals surface area contributed by atoms with Crippen LogP contribution in [-0.2, 0) is 9.59 Å². The predicted octanol–water partition coefficient (Wildman–Crippen LogP) is 2.65. The minimum atomic E-state index is -0.269. The molecule has 1 atom stereocenters. The number of methoxy groups -OCH3 is 1. The van der Waals surface area contributed by atoms with Gasteiger partial charge >= 0.3 is 0 Å². The van der Waals surface area contributed by atoms with Crippen LogP contribution in [0.25, 0.3) is 0 Å². The minimum Gasteiger partial charge on any atom is -0.497 e. The third-order valence-corrected chi connectivity index (χ3v) is 4.31. The van der Waals surface area contributed by atoms with E-state index in [9.17, 15) is 9.59 Å². The first-order chi connectivity index (χ1) is 12.5. The molecule has 1 saturated heterocycles. The predicted molar refractivity (Wildman–Crippen MR) is 98.8 cm³/mol. The van der Waals surface area contributed by atoms with Crippen LogP contribution in [0.15, 0.2) is 48.5 Å². The third kappa shape index (κ3) is 4.46. The summed E-state index contributed by atoms with van der Waals surface area (Å²) in [5, 5.41) is 3.44. The smallest absolute Gasteiger partial charge is 0.258 e. The van der Waals surface area contributed by atoms with Crippen molar-refractivity contribution in [3.05, 3.63) is 53.6 Å². The fourth-order valence-corrected chi connectivity index (χ4v) is 2.89. The van der Waals surface area contributed by atoms with Crippen LogP contribution in [0, 0.1) is 0 Å². The molecule has 1 N–H and O–H groups in total. The number of halogens is 1. The molecule has 136 valence electrons. The summed E-state index contributed by atoms with van der Waals surface area (Å²) >= 11 is 5.80. The van der Waals surface area contributed by atoms with Crippen LogP contribution in [0.1, 0.15) is 6.42 Å². The second kappa shape index (κ2) is 8.10. The van der Waals surface area contributed by atoms with Crippen LogP contribution < -0.4 is 19.7 Å². The molecule has 2 amide bonds. The highest BCUT2D eigenvalue weighted by atomic mass is 35.5. The van der Waals surface area contributed by atoms with Gasteiger partial charge in [0.25, 0.3) is 5.91 Å². The Labute approximate surface area is 156 Å². The standard InChI is InChI=1S/C19H19ClN2O4/c1-25-16-8-4-15(5-9-16)22-11-14(10-19(22)24)21-18(23)12-26-17-6-2-13(20)3-7-17/h2-9,14H,10-12H2,1H3,(H,21,23)/t14-/m0/s1. The van der Waals surface area contributed by atoms with Crippen LogP contribution in [0.5, 0.6) is 11.5 Å². The average molecular weight is 375 g/mol. The van der Waals surface area contributed by atoms with Crippen molar-refractivity contribution in [3.8, 4) is 11.5 Å². The van der Waals surface area contributed by atoms with Crippen molar-refractivity contribution in [3.63, 3.8) is 0 Å². The van der Waals surface area contributed by atoms with Gasteiger partial charge in [-0.25, -0.2) is 0 Å². The molecule has 2 aromatic rings. The molecule has 26 heavy (non-hydrogen) atoms. The lowest BCUT2D eigenvalue weighted by Crippen LogP contribution is -2.39. The number of hydrogen-bond donors (Lipinski definition) is 1. The lowest BCUT2D eigenvalue weighted by atomic mass is 10.2. The third-order valence-electron chi connectivity index (χ3n) is 4.06. The average Bonchev–Trinajstić information content (AvgIpc) is 3.01. The number of nitrogens with one attached hydrogen (secondary N) is 1. The van der Waals surface area contributed by atoms with E-state index in [1.807, 2.05) is 12.1 Å². The number of ether oxygens (including phenoxy) is 2. The van der Waals surface area contributed by atoms with Gasteiger partial charge in [-0.3, -0.25) is 9.59 Å². The van der Waals surface area contributed by atoms with Crippen LogP contribution in [0.3, 0.4) is 0 Å². The SMILES string of the molecule is COc1ccc(N2C[C@@H](NC(=O)COc3ccc(Cl)cc3)CC2=O)cc1. The van der Waals surface area contributed by atoms with Crippen molar-refractivity contribution >= 4 is 29.1 Å². The van der Waals surface area contributed by atoms with Crippen molar-refractivity contribution in [1.29, 1.82) is 0 Å². The second-order valence-electron chi connectivity index (χ2n) is 5.91. The van der Waals surface area contributed by atoms with E-state index in [1.54, 1.807) is 48.4 Å². The molecule has 3 rings (SSSR count). The summed E-state index contributed by atoms with van der Waals surface area (Å²) in [4.78, 5) is 26.0. The van der Waals surface area contributed by atoms with Crippen molar-refractivity contribution < 1.29 is 19.1 Å². The maximum atomic E-state index is 12.2. The Morgan fingerprint density at radius 3 is 2.46 bits per heavy atom. The van der Waals surface area contributed by atoms with Gasteiger partial charge in [0, 0.05) is 23.7 Å². The van der Waals surface area contributed by atoms with Crippen molar-refractivity contribution in [1.82, 2.24) is 5.32 Å². The molecule has 0 bridgehead atoms. The van der Waals surface area contributed by atoms with E-state index in [-0.39, 0.29) is 30.9 Å². The minimum absolute atomic E-state index is 0.0286. The molecule has 6 nitrogen and oxygen atoms in total. The number of nitrogens with zero attached hydrogens (tertiary/aromatic N) is 1. The summed E-state index contributed by atoms with van der Waals surface area (Å²) in [6.07, 6.45) is 0.263. The number of anilines is 1. The summed E-state index contributed by atoms with van der Waals surface area (Å²) < 4.78 is 10.5. The molecule has 1 aliphatic heterocycles. The van der Waals surface area contributed by atoms with Crippen LogP contribution in [0.2, 0.25) is 5.02 Å². The quantitative estimate of drug-likeness (QED) is 0.844. The molecule has 7 heteroatoms. The Balaban J connectivity index is 1.51. The number of amides is 2. The molecular weight excluding hydrogens is 356 g/mol. The number of benzene rings is 2. The molecule has 2 aromatic carbocycles. The van der Waals surface area contributed by atoms with Gasteiger partial charge in [0.2, 0.25) is 5.91 Å². The Morgan fingerprint density at radius 2 is 1.81 bits per heavy atom. The maximum Gasteiger partial charge on any atom is 0.258 e. The van der Waals surface area contributed by atoms with Crippen LogP contribution >= 0.6 is 11.6 Å². The van der Waals surface area contributed by atoms with E-state index in [0.29, 0.717) is 17.3 Å². The lowest BCUT2D eigenvalue weighted by Gasteiger charge is -2.17.